The van der Waals surface area contributed by atoms with Crippen molar-refractivity contribution in [1.82, 2.24) is 15.2 Å². The predicted octanol–water partition coefficient (Wildman–Crippen LogP) is 0.443. The zero-order valence-electron chi connectivity index (χ0n) is 9.16. The SMILES string of the molecule is O=C(O)c1cn[nH]c1S(=O)(=O)Nc1ccc(F)nc1. The topological polar surface area (TPSA) is 125 Å². The van der Waals surface area contributed by atoms with Gasteiger partial charge in [-0.15, -0.1) is 0 Å². The fourth-order valence-electron chi connectivity index (χ4n) is 1.27. The fourth-order valence-corrected chi connectivity index (χ4v) is 2.41. The summed E-state index contributed by atoms with van der Waals surface area (Å²) in [5.74, 6) is -2.21. The molecule has 19 heavy (non-hydrogen) atoms. The van der Waals surface area contributed by atoms with Gasteiger partial charge in [-0.1, -0.05) is 0 Å². The van der Waals surface area contributed by atoms with Crippen molar-refractivity contribution in [2.75, 3.05) is 4.72 Å². The van der Waals surface area contributed by atoms with Gasteiger partial charge in [0, 0.05) is 0 Å². The maximum absolute atomic E-state index is 12.6. The number of aromatic carboxylic acids is 1. The fraction of sp³-hybridized carbons (Fsp3) is 0. The highest BCUT2D eigenvalue weighted by Gasteiger charge is 2.24. The number of rotatable bonds is 4. The number of pyridine rings is 1. The van der Waals surface area contributed by atoms with Crippen LogP contribution in [-0.4, -0.2) is 34.7 Å². The Morgan fingerprint density at radius 2 is 2.11 bits per heavy atom. The van der Waals surface area contributed by atoms with E-state index in [2.05, 4.69) is 19.9 Å². The largest absolute Gasteiger partial charge is 0.478 e. The molecule has 2 heterocycles. The number of aromatic amines is 1. The first-order valence-electron chi connectivity index (χ1n) is 4.81. The molecule has 0 atom stereocenters. The van der Waals surface area contributed by atoms with Crippen LogP contribution in [0.4, 0.5) is 10.1 Å². The molecule has 0 amide bonds. The minimum absolute atomic E-state index is 0.00709. The Bertz CT molecular complexity index is 710. The van der Waals surface area contributed by atoms with E-state index in [-0.39, 0.29) is 5.69 Å². The first-order valence-corrected chi connectivity index (χ1v) is 6.29. The van der Waals surface area contributed by atoms with Crippen LogP contribution >= 0.6 is 0 Å². The van der Waals surface area contributed by atoms with E-state index < -0.39 is 32.5 Å². The second-order valence-corrected chi connectivity index (χ2v) is 5.01. The van der Waals surface area contributed by atoms with Gasteiger partial charge in [-0.05, 0) is 12.1 Å². The zero-order valence-corrected chi connectivity index (χ0v) is 9.98. The van der Waals surface area contributed by atoms with Crippen molar-refractivity contribution in [3.05, 3.63) is 36.0 Å². The molecule has 8 nitrogen and oxygen atoms in total. The van der Waals surface area contributed by atoms with Crippen LogP contribution in [0.25, 0.3) is 0 Å². The van der Waals surface area contributed by atoms with Crippen molar-refractivity contribution in [2.24, 2.45) is 0 Å². The molecule has 0 aliphatic heterocycles. The van der Waals surface area contributed by atoms with Gasteiger partial charge in [-0.3, -0.25) is 9.82 Å². The number of hydrogen-bond donors (Lipinski definition) is 3. The Morgan fingerprint density at radius 3 is 2.68 bits per heavy atom. The van der Waals surface area contributed by atoms with Crippen molar-refractivity contribution in [1.29, 1.82) is 0 Å². The third kappa shape index (κ3) is 2.68. The molecule has 0 bridgehead atoms. The molecule has 2 rings (SSSR count). The maximum atomic E-state index is 12.6. The van der Waals surface area contributed by atoms with Crippen molar-refractivity contribution >= 4 is 21.7 Å². The maximum Gasteiger partial charge on any atom is 0.340 e. The summed E-state index contributed by atoms with van der Waals surface area (Å²) in [6, 6.07) is 2.11. The second kappa shape index (κ2) is 4.65. The number of anilines is 1. The summed E-state index contributed by atoms with van der Waals surface area (Å²) >= 11 is 0. The molecule has 0 aromatic carbocycles. The van der Waals surface area contributed by atoms with Crippen LogP contribution in [0.3, 0.4) is 0 Å². The highest BCUT2D eigenvalue weighted by atomic mass is 32.2. The molecule has 0 saturated heterocycles. The summed E-state index contributed by atoms with van der Waals surface area (Å²) in [6.45, 7) is 0. The molecule has 0 aliphatic carbocycles. The van der Waals surface area contributed by atoms with Gasteiger partial charge in [0.2, 0.25) is 5.95 Å². The van der Waals surface area contributed by atoms with Gasteiger partial charge < -0.3 is 5.11 Å². The summed E-state index contributed by atoms with van der Waals surface area (Å²) in [6.07, 6.45) is 1.84. The van der Waals surface area contributed by atoms with E-state index in [1.807, 2.05) is 0 Å². The summed E-state index contributed by atoms with van der Waals surface area (Å²) in [4.78, 5) is 14.1. The lowest BCUT2D eigenvalue weighted by Crippen LogP contribution is -2.16. The molecule has 0 saturated carbocycles. The molecular formula is C9H7FN4O4S. The smallest absolute Gasteiger partial charge is 0.340 e. The summed E-state index contributed by atoms with van der Waals surface area (Å²) < 4.78 is 38.4. The molecule has 100 valence electrons. The highest BCUT2D eigenvalue weighted by molar-refractivity contribution is 7.92. The van der Waals surface area contributed by atoms with E-state index in [9.17, 15) is 17.6 Å². The van der Waals surface area contributed by atoms with Gasteiger partial charge in [0.25, 0.3) is 10.0 Å². The summed E-state index contributed by atoms with van der Waals surface area (Å²) in [5, 5.41) is 13.7. The standard InChI is InChI=1S/C9H7FN4O4S/c10-7-2-1-5(3-11-7)14-19(17,18)8-6(9(15)16)4-12-13-8/h1-4,14H,(H,12,13)(H,15,16). The minimum Gasteiger partial charge on any atom is -0.478 e. The number of nitrogens with zero attached hydrogens (tertiary/aromatic N) is 2. The van der Waals surface area contributed by atoms with Gasteiger partial charge >= 0.3 is 5.97 Å². The van der Waals surface area contributed by atoms with E-state index in [0.717, 1.165) is 24.5 Å². The van der Waals surface area contributed by atoms with Crippen molar-refractivity contribution in [3.8, 4) is 0 Å². The Hall–Kier alpha value is -2.49. The van der Waals surface area contributed by atoms with Crippen molar-refractivity contribution in [3.63, 3.8) is 0 Å². The van der Waals surface area contributed by atoms with Gasteiger partial charge in [-0.25, -0.2) is 9.78 Å². The van der Waals surface area contributed by atoms with Crippen molar-refractivity contribution in [2.45, 2.75) is 5.03 Å². The molecule has 0 fully saturated rings. The van der Waals surface area contributed by atoms with Gasteiger partial charge in [-0.2, -0.15) is 17.9 Å². The molecule has 0 radical (unpaired) electrons. The number of carboxylic acid groups (broad SMARTS) is 1. The van der Waals surface area contributed by atoms with Gasteiger partial charge in [0.15, 0.2) is 5.03 Å². The van der Waals surface area contributed by atoms with Crippen LogP contribution in [0.2, 0.25) is 0 Å². The molecular weight excluding hydrogens is 279 g/mol. The number of aromatic nitrogens is 3. The zero-order chi connectivity index (χ0) is 14.0. The molecule has 0 spiro atoms. The number of H-pyrrole nitrogens is 1. The first kappa shape index (κ1) is 13.0. The van der Waals surface area contributed by atoms with Gasteiger partial charge in [0.1, 0.15) is 5.56 Å². The Kier molecular flexibility index (Phi) is 3.17. The quantitative estimate of drug-likeness (QED) is 0.700. The average Bonchev–Trinajstić information content (AvgIpc) is 2.82. The lowest BCUT2D eigenvalue weighted by molar-refractivity contribution is 0.0692. The Morgan fingerprint density at radius 1 is 1.37 bits per heavy atom. The lowest BCUT2D eigenvalue weighted by Gasteiger charge is -2.06. The number of carboxylic acids is 1. The van der Waals surface area contributed by atoms with E-state index >= 15 is 0 Å². The Labute approximate surface area is 106 Å². The number of carbonyl (C=O) groups is 1. The van der Waals surface area contributed by atoms with Crippen LogP contribution in [-0.2, 0) is 10.0 Å². The molecule has 3 N–H and O–H groups in total. The van der Waals surface area contributed by atoms with Crippen LogP contribution in [0, 0.1) is 5.95 Å². The summed E-state index contributed by atoms with van der Waals surface area (Å²) in [7, 11) is -4.17. The molecule has 10 heteroatoms. The minimum atomic E-state index is -4.17. The third-order valence-electron chi connectivity index (χ3n) is 2.08. The second-order valence-electron chi connectivity index (χ2n) is 3.39. The Balaban J connectivity index is 2.35. The van der Waals surface area contributed by atoms with E-state index in [1.165, 1.54) is 0 Å². The van der Waals surface area contributed by atoms with Crippen LogP contribution in [0.15, 0.2) is 29.6 Å². The predicted molar refractivity (Wildman–Crippen MR) is 60.6 cm³/mol. The molecule has 0 unspecified atom stereocenters. The third-order valence-corrected chi connectivity index (χ3v) is 3.44. The van der Waals surface area contributed by atoms with Crippen molar-refractivity contribution < 1.29 is 22.7 Å². The number of hydrogen-bond acceptors (Lipinski definition) is 5. The monoisotopic (exact) mass is 286 g/mol. The van der Waals surface area contributed by atoms with Gasteiger partial charge in [0.05, 0.1) is 18.1 Å². The molecule has 2 aromatic heterocycles. The average molecular weight is 286 g/mol. The highest BCUT2D eigenvalue weighted by Crippen LogP contribution is 2.16. The van der Waals surface area contributed by atoms with Crippen LogP contribution in [0.1, 0.15) is 10.4 Å². The lowest BCUT2D eigenvalue weighted by atomic mass is 10.4. The van der Waals surface area contributed by atoms with E-state index in [0.29, 0.717) is 0 Å². The molecule has 2 aromatic rings. The normalized spacial score (nSPS) is 11.2. The number of sulfonamides is 1. The number of nitrogens with one attached hydrogen (secondary N) is 2. The summed E-state index contributed by atoms with van der Waals surface area (Å²) in [5.41, 5.74) is -0.505. The molecule has 0 aliphatic rings. The first-order chi connectivity index (χ1) is 8.90. The van der Waals surface area contributed by atoms with E-state index in [4.69, 9.17) is 5.11 Å². The van der Waals surface area contributed by atoms with Crippen LogP contribution < -0.4 is 4.72 Å². The van der Waals surface area contributed by atoms with E-state index in [1.54, 1.807) is 0 Å². The number of halogens is 1. The van der Waals surface area contributed by atoms with Crippen LogP contribution in [0.5, 0.6) is 0 Å².